The van der Waals surface area contributed by atoms with E-state index < -0.39 is 0 Å². The second-order valence-electron chi connectivity index (χ2n) is 9.51. The number of aromatic nitrogens is 3. The molecule has 0 unspecified atom stereocenters. The van der Waals surface area contributed by atoms with Gasteiger partial charge in [0.25, 0.3) is 5.91 Å². The van der Waals surface area contributed by atoms with Gasteiger partial charge >= 0.3 is 0 Å². The van der Waals surface area contributed by atoms with Crippen LogP contribution in [-0.2, 0) is 16.0 Å². The molecule has 2 aromatic rings. The van der Waals surface area contributed by atoms with Gasteiger partial charge in [-0.2, -0.15) is 15.0 Å². The van der Waals surface area contributed by atoms with E-state index in [-0.39, 0.29) is 12.5 Å². The van der Waals surface area contributed by atoms with Crippen molar-refractivity contribution in [2.75, 3.05) is 75.2 Å². The summed E-state index contributed by atoms with van der Waals surface area (Å²) in [4.78, 5) is 25.9. The molecule has 1 fully saturated rings. The van der Waals surface area contributed by atoms with E-state index in [2.05, 4.69) is 36.2 Å². The lowest BCUT2D eigenvalue weighted by Crippen LogP contribution is -2.27. The minimum atomic E-state index is -0.151. The summed E-state index contributed by atoms with van der Waals surface area (Å²) >= 11 is 0. The van der Waals surface area contributed by atoms with Gasteiger partial charge in [0, 0.05) is 44.9 Å². The highest BCUT2D eigenvalue weighted by Crippen LogP contribution is 2.23. The molecule has 3 rings (SSSR count). The molecule has 0 atom stereocenters. The Hall–Kier alpha value is -3.06. The zero-order chi connectivity index (χ0) is 27.5. The third-order valence-corrected chi connectivity index (χ3v) is 6.36. The predicted octanol–water partition coefficient (Wildman–Crippen LogP) is 1.99. The van der Waals surface area contributed by atoms with E-state index >= 15 is 0 Å². The van der Waals surface area contributed by atoms with Gasteiger partial charge in [0.15, 0.2) is 0 Å². The number of nitrogens with zero attached hydrogens (tertiary/aromatic N) is 3. The van der Waals surface area contributed by atoms with Crippen molar-refractivity contribution in [3.8, 4) is 0 Å². The maximum atomic E-state index is 12.4. The fourth-order valence-electron chi connectivity index (χ4n) is 4.22. The van der Waals surface area contributed by atoms with E-state index in [1.165, 1.54) is 32.1 Å². The Morgan fingerprint density at radius 1 is 0.872 bits per heavy atom. The Kier molecular flexibility index (Phi) is 14.3. The third kappa shape index (κ3) is 12.1. The van der Waals surface area contributed by atoms with Crippen LogP contribution in [0.15, 0.2) is 24.3 Å². The molecule has 12 nitrogen and oxygen atoms in total. The molecule has 0 spiro atoms. The molecule has 216 valence electrons. The molecular weight excluding hydrogens is 500 g/mol. The zero-order valence-electron chi connectivity index (χ0n) is 22.8. The second kappa shape index (κ2) is 18.3. The standard InChI is InChI=1S/C27H44N8O4/c28-11-15-38-17-18-39-16-13-29-24(37)23-9-7-22(8-10-23)20-32-27-34-25(30-12-4-14-36)33-26(35-27)31-19-21-5-2-1-3-6-21/h7-10,21,36H,1-6,11-20,28H2,(H,29,37)(H3,30,31,32,33,34,35). The molecule has 1 aliphatic rings. The molecule has 7 N–H and O–H groups in total. The van der Waals surface area contributed by atoms with Crippen molar-refractivity contribution in [2.45, 2.75) is 45.1 Å². The molecule has 1 heterocycles. The number of amides is 1. The molecule has 1 amide bonds. The summed E-state index contributed by atoms with van der Waals surface area (Å²) in [6.45, 7) is 4.81. The number of anilines is 3. The highest BCUT2D eigenvalue weighted by atomic mass is 16.5. The highest BCUT2D eigenvalue weighted by molar-refractivity contribution is 5.94. The average Bonchev–Trinajstić information content (AvgIpc) is 2.97. The summed E-state index contributed by atoms with van der Waals surface area (Å²) in [5.74, 6) is 1.94. The predicted molar refractivity (Wildman–Crippen MR) is 152 cm³/mol. The van der Waals surface area contributed by atoms with E-state index in [4.69, 9.17) is 20.3 Å². The molecule has 0 bridgehead atoms. The Morgan fingerprint density at radius 2 is 1.54 bits per heavy atom. The number of hydrogen-bond acceptors (Lipinski definition) is 11. The fraction of sp³-hybridized carbons (Fsp3) is 0.630. The van der Waals surface area contributed by atoms with Crippen LogP contribution in [0.3, 0.4) is 0 Å². The van der Waals surface area contributed by atoms with Gasteiger partial charge in [0.05, 0.1) is 26.4 Å². The van der Waals surface area contributed by atoms with Crippen LogP contribution in [-0.4, -0.2) is 85.2 Å². The van der Waals surface area contributed by atoms with Crippen LogP contribution in [0.2, 0.25) is 0 Å². The van der Waals surface area contributed by atoms with Crippen molar-refractivity contribution in [2.24, 2.45) is 11.7 Å². The molecule has 1 saturated carbocycles. The van der Waals surface area contributed by atoms with Crippen LogP contribution in [0, 0.1) is 5.92 Å². The largest absolute Gasteiger partial charge is 0.396 e. The Labute approximate surface area is 230 Å². The summed E-state index contributed by atoms with van der Waals surface area (Å²) in [7, 11) is 0. The quantitative estimate of drug-likeness (QED) is 0.143. The summed E-state index contributed by atoms with van der Waals surface area (Å²) in [6.07, 6.45) is 6.96. The molecule has 1 aromatic heterocycles. The minimum Gasteiger partial charge on any atom is -0.396 e. The van der Waals surface area contributed by atoms with Crippen LogP contribution in [0.25, 0.3) is 0 Å². The SMILES string of the molecule is NCCOCCOCCNC(=O)c1ccc(CNc2nc(NCCCO)nc(NCC3CCCCC3)n2)cc1. The number of hydrogen-bond donors (Lipinski definition) is 6. The highest BCUT2D eigenvalue weighted by Gasteiger charge is 2.14. The molecule has 12 heteroatoms. The van der Waals surface area contributed by atoms with Gasteiger partial charge in [-0.25, -0.2) is 0 Å². The molecule has 0 radical (unpaired) electrons. The summed E-state index contributed by atoms with van der Waals surface area (Å²) in [5, 5.41) is 21.7. The van der Waals surface area contributed by atoms with Crippen molar-refractivity contribution in [3.63, 3.8) is 0 Å². The number of nitrogens with one attached hydrogen (secondary N) is 4. The van der Waals surface area contributed by atoms with Crippen molar-refractivity contribution in [1.82, 2.24) is 20.3 Å². The lowest BCUT2D eigenvalue weighted by Gasteiger charge is -2.21. The van der Waals surface area contributed by atoms with Crippen molar-refractivity contribution in [1.29, 1.82) is 0 Å². The number of carbonyl (C=O) groups excluding carboxylic acids is 1. The first-order chi connectivity index (χ1) is 19.2. The average molecular weight is 545 g/mol. The first-order valence-electron chi connectivity index (χ1n) is 14.0. The molecule has 1 aromatic carbocycles. The van der Waals surface area contributed by atoms with Crippen molar-refractivity contribution in [3.05, 3.63) is 35.4 Å². The minimum absolute atomic E-state index is 0.100. The van der Waals surface area contributed by atoms with Crippen LogP contribution in [0.5, 0.6) is 0 Å². The molecule has 39 heavy (non-hydrogen) atoms. The first-order valence-corrected chi connectivity index (χ1v) is 14.0. The van der Waals surface area contributed by atoms with Crippen LogP contribution >= 0.6 is 0 Å². The Bertz CT molecular complexity index is 957. The number of benzene rings is 1. The monoisotopic (exact) mass is 544 g/mol. The topological polar surface area (TPSA) is 169 Å². The van der Waals surface area contributed by atoms with E-state index in [9.17, 15) is 4.79 Å². The van der Waals surface area contributed by atoms with Gasteiger partial charge in [0.1, 0.15) is 0 Å². The number of aliphatic hydroxyl groups excluding tert-OH is 1. The summed E-state index contributed by atoms with van der Waals surface area (Å²) in [6, 6.07) is 7.38. The summed E-state index contributed by atoms with van der Waals surface area (Å²) < 4.78 is 10.7. The van der Waals surface area contributed by atoms with E-state index in [0.29, 0.717) is 88.4 Å². The van der Waals surface area contributed by atoms with Gasteiger partial charge in [-0.05, 0) is 42.9 Å². The number of ether oxygens (including phenoxy) is 2. The van der Waals surface area contributed by atoms with Gasteiger partial charge in [-0.1, -0.05) is 31.4 Å². The normalized spacial score (nSPS) is 13.7. The molecule has 0 aliphatic heterocycles. The number of aliphatic hydroxyl groups is 1. The van der Waals surface area contributed by atoms with Gasteiger partial charge in [0.2, 0.25) is 17.8 Å². The number of carbonyl (C=O) groups is 1. The zero-order valence-corrected chi connectivity index (χ0v) is 22.8. The smallest absolute Gasteiger partial charge is 0.251 e. The van der Waals surface area contributed by atoms with Crippen molar-refractivity contribution >= 4 is 23.8 Å². The van der Waals surface area contributed by atoms with Crippen molar-refractivity contribution < 1.29 is 19.4 Å². The van der Waals surface area contributed by atoms with Gasteiger partial charge in [-0.15, -0.1) is 0 Å². The maximum Gasteiger partial charge on any atom is 0.251 e. The molecular formula is C27H44N8O4. The number of rotatable bonds is 19. The lowest BCUT2D eigenvalue weighted by molar-refractivity contribution is 0.0511. The maximum absolute atomic E-state index is 12.4. The fourth-order valence-corrected chi connectivity index (χ4v) is 4.22. The Balaban J connectivity index is 1.46. The number of nitrogens with two attached hydrogens (primary N) is 1. The Morgan fingerprint density at radius 3 is 2.23 bits per heavy atom. The van der Waals surface area contributed by atoms with Crippen LogP contribution < -0.4 is 27.0 Å². The molecule has 1 aliphatic carbocycles. The van der Waals surface area contributed by atoms with E-state index in [1.54, 1.807) is 12.1 Å². The van der Waals surface area contributed by atoms with Crippen LogP contribution in [0.1, 0.15) is 54.4 Å². The first kappa shape index (κ1) is 30.5. The van der Waals surface area contributed by atoms with E-state index in [1.807, 2.05) is 12.1 Å². The van der Waals surface area contributed by atoms with Gasteiger partial charge in [-0.3, -0.25) is 4.79 Å². The third-order valence-electron chi connectivity index (χ3n) is 6.36. The second-order valence-corrected chi connectivity index (χ2v) is 9.51. The lowest BCUT2D eigenvalue weighted by atomic mass is 9.89. The van der Waals surface area contributed by atoms with E-state index in [0.717, 1.165) is 12.1 Å². The summed E-state index contributed by atoms with van der Waals surface area (Å²) in [5.41, 5.74) is 6.92. The molecule has 0 saturated heterocycles. The van der Waals surface area contributed by atoms with Gasteiger partial charge < -0.3 is 41.6 Å². The van der Waals surface area contributed by atoms with Crippen LogP contribution in [0.4, 0.5) is 17.8 Å².